The molecule has 1 aliphatic rings. The number of aliphatic carboxylic acids is 1. The molecule has 0 aliphatic carbocycles. The quantitative estimate of drug-likeness (QED) is 0.448. The lowest BCUT2D eigenvalue weighted by Crippen LogP contribution is -2.38. The minimum atomic E-state index is -1.09. The molecule has 4 rings (SSSR count). The van der Waals surface area contributed by atoms with Crippen LogP contribution < -0.4 is 4.74 Å². The van der Waals surface area contributed by atoms with E-state index in [1.54, 1.807) is 12.1 Å². The van der Waals surface area contributed by atoms with Crippen molar-refractivity contribution >= 4 is 23.5 Å². The molecule has 0 aromatic heterocycles. The second kappa shape index (κ2) is 10.5. The van der Waals surface area contributed by atoms with E-state index in [2.05, 4.69) is 6.92 Å². The van der Waals surface area contributed by atoms with Crippen molar-refractivity contribution in [3.63, 3.8) is 0 Å². The van der Waals surface area contributed by atoms with E-state index in [9.17, 15) is 19.1 Å². The third-order valence-corrected chi connectivity index (χ3v) is 6.38. The molecule has 1 N–H and O–H groups in total. The number of halogens is 2. The zero-order chi connectivity index (χ0) is 25.0. The molecule has 3 aromatic rings. The monoisotopic (exact) mass is 495 g/mol. The normalized spacial score (nSPS) is 16.4. The van der Waals surface area contributed by atoms with Crippen molar-refractivity contribution in [3.8, 4) is 5.75 Å². The first-order chi connectivity index (χ1) is 16.7. The van der Waals surface area contributed by atoms with Crippen LogP contribution in [0.5, 0.6) is 5.75 Å². The zero-order valence-electron chi connectivity index (χ0n) is 19.5. The first-order valence-electron chi connectivity index (χ1n) is 11.5. The van der Waals surface area contributed by atoms with E-state index in [1.165, 1.54) is 17.0 Å². The van der Waals surface area contributed by atoms with Crippen molar-refractivity contribution in [1.29, 1.82) is 0 Å². The van der Waals surface area contributed by atoms with Crippen molar-refractivity contribution in [2.24, 2.45) is 0 Å². The molecular weight excluding hydrogens is 469 g/mol. The van der Waals surface area contributed by atoms with Gasteiger partial charge in [0.1, 0.15) is 23.7 Å². The van der Waals surface area contributed by atoms with Crippen LogP contribution in [0, 0.1) is 5.82 Å². The summed E-state index contributed by atoms with van der Waals surface area (Å²) in [6.45, 7) is 1.86. The van der Waals surface area contributed by atoms with Gasteiger partial charge in [0.2, 0.25) is 5.91 Å². The smallest absolute Gasteiger partial charge is 0.323 e. The molecule has 3 aromatic carbocycles. The number of hydrogen-bond donors (Lipinski definition) is 1. The maximum Gasteiger partial charge on any atom is 0.323 e. The van der Waals surface area contributed by atoms with E-state index in [4.69, 9.17) is 16.3 Å². The molecule has 7 heteroatoms. The van der Waals surface area contributed by atoms with Crippen molar-refractivity contribution in [3.05, 3.63) is 99.8 Å². The summed E-state index contributed by atoms with van der Waals surface area (Å²) in [5, 5.41) is 9.97. The molecular formula is C28H27ClFNO4. The largest absolute Gasteiger partial charge is 0.487 e. The van der Waals surface area contributed by atoms with Gasteiger partial charge >= 0.3 is 5.97 Å². The lowest BCUT2D eigenvalue weighted by molar-refractivity contribution is -0.144. The molecule has 5 nitrogen and oxygen atoms in total. The Hall–Kier alpha value is -3.38. The van der Waals surface area contributed by atoms with Gasteiger partial charge in [0.05, 0.1) is 6.42 Å². The van der Waals surface area contributed by atoms with Crippen LogP contribution in [-0.2, 0) is 35.3 Å². The molecule has 0 saturated heterocycles. The molecule has 0 bridgehead atoms. The van der Waals surface area contributed by atoms with E-state index >= 15 is 0 Å². The molecule has 0 saturated carbocycles. The van der Waals surface area contributed by atoms with Crippen LogP contribution in [-0.4, -0.2) is 40.6 Å². The molecule has 182 valence electrons. The fraction of sp³-hybridized carbons (Fsp3) is 0.286. The van der Waals surface area contributed by atoms with E-state index < -0.39 is 18.1 Å². The highest BCUT2D eigenvalue weighted by Gasteiger charge is 2.35. The minimum Gasteiger partial charge on any atom is -0.487 e. The number of nitrogens with zero attached hydrogens (tertiary/aromatic N) is 1. The van der Waals surface area contributed by atoms with Gasteiger partial charge < -0.3 is 14.7 Å². The van der Waals surface area contributed by atoms with Gasteiger partial charge in [0.15, 0.2) is 0 Å². The fourth-order valence-corrected chi connectivity index (χ4v) is 4.64. The van der Waals surface area contributed by atoms with E-state index in [0.717, 1.165) is 28.9 Å². The summed E-state index contributed by atoms with van der Waals surface area (Å²) in [4.78, 5) is 25.6. The van der Waals surface area contributed by atoms with Crippen LogP contribution in [0.4, 0.5) is 4.39 Å². The van der Waals surface area contributed by atoms with E-state index in [-0.39, 0.29) is 24.7 Å². The summed E-state index contributed by atoms with van der Waals surface area (Å²) in [5.74, 6) is -0.933. The maximum absolute atomic E-state index is 13.5. The van der Waals surface area contributed by atoms with Crippen LogP contribution in [0.3, 0.4) is 0 Å². The number of hydrogen-bond acceptors (Lipinski definition) is 3. The number of carboxylic acids is 1. The van der Waals surface area contributed by atoms with Crippen LogP contribution in [0.25, 0.3) is 0 Å². The Bertz CT molecular complexity index is 1230. The number of fused-ring (bicyclic) bond motifs is 1. The van der Waals surface area contributed by atoms with Crippen molar-refractivity contribution < 1.29 is 23.8 Å². The molecule has 1 heterocycles. The zero-order valence-corrected chi connectivity index (χ0v) is 20.2. The lowest BCUT2D eigenvalue weighted by Gasteiger charge is -2.24. The highest BCUT2D eigenvalue weighted by Crippen LogP contribution is 2.37. The second-order valence-corrected chi connectivity index (χ2v) is 9.68. The second-order valence-electron chi connectivity index (χ2n) is 9.24. The third-order valence-electron chi connectivity index (χ3n) is 6.13. The fourth-order valence-electron chi connectivity index (χ4n) is 4.52. The Kier molecular flexibility index (Phi) is 7.41. The van der Waals surface area contributed by atoms with Gasteiger partial charge in [-0.15, -0.1) is 0 Å². The predicted molar refractivity (Wildman–Crippen MR) is 132 cm³/mol. The number of carbonyl (C=O) groups is 2. The summed E-state index contributed by atoms with van der Waals surface area (Å²) in [7, 11) is 0. The standard InChI is InChI=1S/C28H27ClFNO4/c1-28(16-20-5-8-23(29)9-6-20)17-22-13-21(7-10-25(22)35-28)15-26(32)31(18-27(33)34)12-11-19-3-2-4-24(30)14-19/h2-10,13-14H,11-12,15-18H2,1H3,(H,33,34)/t28-/m1/s1. The number of ether oxygens (including phenoxy) is 1. The first kappa shape index (κ1) is 24.7. The average molecular weight is 496 g/mol. The van der Waals surface area contributed by atoms with Crippen LogP contribution in [0.2, 0.25) is 5.02 Å². The molecule has 1 amide bonds. The Morgan fingerprint density at radius 1 is 1.06 bits per heavy atom. The Morgan fingerprint density at radius 3 is 2.51 bits per heavy atom. The van der Waals surface area contributed by atoms with Gasteiger partial charge in [-0.3, -0.25) is 9.59 Å². The Labute approximate surface area is 209 Å². The molecule has 0 fully saturated rings. The summed E-state index contributed by atoms with van der Waals surface area (Å²) in [6.07, 6.45) is 1.88. The van der Waals surface area contributed by atoms with Crippen LogP contribution in [0.1, 0.15) is 29.2 Å². The van der Waals surface area contributed by atoms with Crippen LogP contribution >= 0.6 is 11.6 Å². The minimum absolute atomic E-state index is 0.0810. The molecule has 1 atom stereocenters. The summed E-state index contributed by atoms with van der Waals surface area (Å²) in [6, 6.07) is 19.5. The molecule has 35 heavy (non-hydrogen) atoms. The molecule has 1 aliphatic heterocycles. The van der Waals surface area contributed by atoms with E-state index in [0.29, 0.717) is 23.4 Å². The highest BCUT2D eigenvalue weighted by atomic mass is 35.5. The lowest BCUT2D eigenvalue weighted by atomic mass is 9.91. The summed E-state index contributed by atoms with van der Waals surface area (Å²) >= 11 is 5.99. The summed E-state index contributed by atoms with van der Waals surface area (Å²) in [5.41, 5.74) is 3.26. The average Bonchev–Trinajstić information content (AvgIpc) is 3.13. The SMILES string of the molecule is C[C@@]1(Cc2ccc(Cl)cc2)Cc2cc(CC(=O)N(CCc3cccc(F)c3)CC(=O)O)ccc2O1. The molecule has 0 radical (unpaired) electrons. The van der Waals surface area contributed by atoms with Crippen molar-refractivity contribution in [1.82, 2.24) is 4.90 Å². The van der Waals surface area contributed by atoms with Gasteiger partial charge in [-0.05, 0) is 65.9 Å². The van der Waals surface area contributed by atoms with E-state index in [1.807, 2.05) is 42.5 Å². The van der Waals surface area contributed by atoms with Gasteiger partial charge in [0, 0.05) is 24.4 Å². The highest BCUT2D eigenvalue weighted by molar-refractivity contribution is 6.30. The molecule has 0 spiro atoms. The van der Waals surface area contributed by atoms with Gasteiger partial charge in [0.25, 0.3) is 0 Å². The Balaban J connectivity index is 1.41. The number of rotatable bonds is 9. The van der Waals surface area contributed by atoms with Crippen molar-refractivity contribution in [2.75, 3.05) is 13.1 Å². The topological polar surface area (TPSA) is 66.8 Å². The number of carboxylic acid groups (broad SMARTS) is 1. The first-order valence-corrected chi connectivity index (χ1v) is 11.9. The third kappa shape index (κ3) is 6.61. The Morgan fingerprint density at radius 2 is 1.80 bits per heavy atom. The molecule has 0 unspecified atom stereocenters. The van der Waals surface area contributed by atoms with Gasteiger partial charge in [-0.1, -0.05) is 48.0 Å². The van der Waals surface area contributed by atoms with Crippen molar-refractivity contribution in [2.45, 2.75) is 38.2 Å². The summed E-state index contributed by atoms with van der Waals surface area (Å²) < 4.78 is 19.7. The number of benzene rings is 3. The number of amides is 1. The van der Waals surface area contributed by atoms with Gasteiger partial charge in [-0.2, -0.15) is 0 Å². The maximum atomic E-state index is 13.5. The van der Waals surface area contributed by atoms with Crippen LogP contribution in [0.15, 0.2) is 66.7 Å². The predicted octanol–water partition coefficient (Wildman–Crippen LogP) is 5.11. The number of carbonyl (C=O) groups excluding carboxylic acids is 1. The van der Waals surface area contributed by atoms with Gasteiger partial charge in [-0.25, -0.2) is 4.39 Å².